The van der Waals surface area contributed by atoms with E-state index in [1.807, 2.05) is 7.05 Å². The van der Waals surface area contributed by atoms with Gasteiger partial charge in [-0.3, -0.25) is 9.69 Å². The van der Waals surface area contributed by atoms with Crippen LogP contribution in [0.1, 0.15) is 6.42 Å². The van der Waals surface area contributed by atoms with Crippen LogP contribution < -0.4 is 10.6 Å². The molecule has 82 valence electrons. The van der Waals surface area contributed by atoms with Gasteiger partial charge >= 0.3 is 0 Å². The molecule has 0 aromatic rings. The summed E-state index contributed by atoms with van der Waals surface area (Å²) in [5.74, 6) is 0.0180. The minimum Gasteiger partial charge on any atom is -0.395 e. The molecular weight excluding hydrogens is 182 g/mol. The van der Waals surface area contributed by atoms with Crippen molar-refractivity contribution in [2.45, 2.75) is 18.5 Å². The molecule has 0 aliphatic carbocycles. The van der Waals surface area contributed by atoms with Crippen LogP contribution in [0.5, 0.6) is 0 Å². The summed E-state index contributed by atoms with van der Waals surface area (Å²) in [5.41, 5.74) is 0. The molecule has 0 aromatic carbocycles. The second-order valence-corrected chi connectivity index (χ2v) is 3.81. The number of aliphatic hydroxyl groups excluding tert-OH is 1. The summed E-state index contributed by atoms with van der Waals surface area (Å²) < 4.78 is 0. The van der Waals surface area contributed by atoms with Crippen molar-refractivity contribution in [2.75, 3.05) is 33.8 Å². The molecule has 0 spiro atoms. The second-order valence-electron chi connectivity index (χ2n) is 3.81. The van der Waals surface area contributed by atoms with Crippen LogP contribution in [0.3, 0.4) is 0 Å². The Kier molecular flexibility index (Phi) is 4.31. The molecule has 14 heavy (non-hydrogen) atoms. The van der Waals surface area contributed by atoms with Gasteiger partial charge in [-0.15, -0.1) is 0 Å². The molecular formula is C9H19N3O2. The fourth-order valence-corrected chi connectivity index (χ4v) is 1.84. The van der Waals surface area contributed by atoms with Crippen molar-refractivity contribution in [1.29, 1.82) is 0 Å². The number of amides is 1. The molecule has 0 radical (unpaired) electrons. The number of aliphatic hydroxyl groups is 1. The minimum atomic E-state index is 0.0180. The summed E-state index contributed by atoms with van der Waals surface area (Å²) in [6.45, 7) is 1.33. The number of likely N-dealkylation sites (tertiary alicyclic amines) is 1. The zero-order chi connectivity index (χ0) is 10.6. The van der Waals surface area contributed by atoms with Gasteiger partial charge in [0.05, 0.1) is 13.2 Å². The lowest BCUT2D eigenvalue weighted by Crippen LogP contribution is -2.40. The lowest BCUT2D eigenvalue weighted by atomic mass is 10.2. The number of rotatable bonds is 4. The van der Waals surface area contributed by atoms with Gasteiger partial charge in [-0.05, 0) is 20.5 Å². The topological polar surface area (TPSA) is 64.6 Å². The molecule has 5 heteroatoms. The molecule has 1 saturated heterocycles. The number of hydrogen-bond acceptors (Lipinski definition) is 4. The minimum absolute atomic E-state index is 0.0180. The second kappa shape index (κ2) is 5.29. The average molecular weight is 201 g/mol. The van der Waals surface area contributed by atoms with Gasteiger partial charge < -0.3 is 15.7 Å². The number of carbonyl (C=O) groups excluding carboxylic acids is 1. The van der Waals surface area contributed by atoms with E-state index in [2.05, 4.69) is 15.5 Å². The fourth-order valence-electron chi connectivity index (χ4n) is 1.84. The lowest BCUT2D eigenvalue weighted by Gasteiger charge is -2.15. The van der Waals surface area contributed by atoms with Gasteiger partial charge in [-0.1, -0.05) is 0 Å². The first-order valence-corrected chi connectivity index (χ1v) is 4.92. The van der Waals surface area contributed by atoms with Crippen molar-refractivity contribution in [2.24, 2.45) is 0 Å². The van der Waals surface area contributed by atoms with Gasteiger partial charge in [-0.2, -0.15) is 0 Å². The van der Waals surface area contributed by atoms with E-state index in [0.29, 0.717) is 6.54 Å². The highest BCUT2D eigenvalue weighted by atomic mass is 16.3. The Morgan fingerprint density at radius 3 is 2.86 bits per heavy atom. The van der Waals surface area contributed by atoms with Crippen molar-refractivity contribution in [3.63, 3.8) is 0 Å². The molecule has 1 aliphatic heterocycles. The average Bonchev–Trinajstić information content (AvgIpc) is 2.46. The molecule has 1 amide bonds. The smallest absolute Gasteiger partial charge is 0.234 e. The van der Waals surface area contributed by atoms with Gasteiger partial charge in [-0.25, -0.2) is 0 Å². The Labute approximate surface area is 84.5 Å². The van der Waals surface area contributed by atoms with Crippen LogP contribution in [-0.4, -0.2) is 61.8 Å². The van der Waals surface area contributed by atoms with Crippen LogP contribution >= 0.6 is 0 Å². The molecule has 1 rings (SSSR count). The van der Waals surface area contributed by atoms with E-state index in [4.69, 9.17) is 5.11 Å². The van der Waals surface area contributed by atoms with Gasteiger partial charge in [0, 0.05) is 18.6 Å². The summed E-state index contributed by atoms with van der Waals surface area (Å²) in [6.07, 6.45) is 0.836. The van der Waals surface area contributed by atoms with Crippen molar-refractivity contribution >= 4 is 5.91 Å². The first kappa shape index (κ1) is 11.4. The van der Waals surface area contributed by atoms with Gasteiger partial charge in [0.1, 0.15) is 0 Å². The number of hydrogen-bond donors (Lipinski definition) is 3. The van der Waals surface area contributed by atoms with Crippen LogP contribution in [0, 0.1) is 0 Å². The fraction of sp³-hybridized carbons (Fsp3) is 0.889. The third-order valence-electron chi connectivity index (χ3n) is 2.60. The molecule has 1 aliphatic rings. The number of nitrogens with one attached hydrogen (secondary N) is 2. The van der Waals surface area contributed by atoms with Crippen LogP contribution in [0.25, 0.3) is 0 Å². The quantitative estimate of drug-likeness (QED) is 0.512. The van der Waals surface area contributed by atoms with E-state index in [1.54, 1.807) is 7.05 Å². The highest BCUT2D eigenvalue weighted by molar-refractivity contribution is 5.78. The van der Waals surface area contributed by atoms with Crippen molar-refractivity contribution in [1.82, 2.24) is 15.5 Å². The Morgan fingerprint density at radius 1 is 1.64 bits per heavy atom. The third-order valence-corrected chi connectivity index (χ3v) is 2.60. The maximum absolute atomic E-state index is 11.2. The van der Waals surface area contributed by atoms with Gasteiger partial charge in [0.25, 0.3) is 0 Å². The number of carbonyl (C=O) groups is 1. The summed E-state index contributed by atoms with van der Waals surface area (Å²) in [5, 5.41) is 14.7. The zero-order valence-corrected chi connectivity index (χ0v) is 8.79. The maximum Gasteiger partial charge on any atom is 0.234 e. The Balaban J connectivity index is 2.31. The summed E-state index contributed by atoms with van der Waals surface area (Å²) in [6, 6.07) is 0.368. The number of nitrogens with zero attached hydrogens (tertiary/aromatic N) is 1. The lowest BCUT2D eigenvalue weighted by molar-refractivity contribution is -0.120. The molecule has 5 nitrogen and oxygen atoms in total. The first-order valence-electron chi connectivity index (χ1n) is 4.92. The zero-order valence-electron chi connectivity index (χ0n) is 8.79. The molecule has 2 atom stereocenters. The predicted molar refractivity (Wildman–Crippen MR) is 54.0 cm³/mol. The maximum atomic E-state index is 11.2. The van der Waals surface area contributed by atoms with E-state index >= 15 is 0 Å². The molecule has 1 heterocycles. The van der Waals surface area contributed by atoms with E-state index in [0.717, 1.165) is 13.0 Å². The van der Waals surface area contributed by atoms with Gasteiger partial charge in [0.15, 0.2) is 0 Å². The monoisotopic (exact) mass is 201 g/mol. The highest BCUT2D eigenvalue weighted by Crippen LogP contribution is 2.14. The number of likely N-dealkylation sites (N-methyl/N-ethyl adjacent to an activating group) is 2. The summed E-state index contributed by atoms with van der Waals surface area (Å²) >= 11 is 0. The van der Waals surface area contributed by atoms with E-state index in [-0.39, 0.29) is 24.6 Å². The van der Waals surface area contributed by atoms with Crippen molar-refractivity contribution < 1.29 is 9.90 Å². The van der Waals surface area contributed by atoms with Crippen molar-refractivity contribution in [3.05, 3.63) is 0 Å². The SMILES string of the molecule is CNCC(=O)N[C@@H]1C[C@@H](CO)N(C)C1. The van der Waals surface area contributed by atoms with E-state index in [9.17, 15) is 4.79 Å². The molecule has 0 saturated carbocycles. The van der Waals surface area contributed by atoms with E-state index < -0.39 is 0 Å². The highest BCUT2D eigenvalue weighted by Gasteiger charge is 2.29. The summed E-state index contributed by atoms with van der Waals surface area (Å²) in [7, 11) is 3.71. The van der Waals surface area contributed by atoms with E-state index in [1.165, 1.54) is 0 Å². The molecule has 0 unspecified atom stereocenters. The molecule has 1 fully saturated rings. The third kappa shape index (κ3) is 2.94. The van der Waals surface area contributed by atoms with Crippen molar-refractivity contribution in [3.8, 4) is 0 Å². The molecule has 3 N–H and O–H groups in total. The standard InChI is InChI=1S/C9H19N3O2/c1-10-4-9(14)11-7-3-8(6-13)12(2)5-7/h7-8,10,13H,3-6H2,1-2H3,(H,11,14)/t7-,8+/m1/s1. The summed E-state index contributed by atoms with van der Waals surface area (Å²) in [4.78, 5) is 13.3. The molecule has 0 aromatic heterocycles. The first-order chi connectivity index (χ1) is 6.67. The van der Waals surface area contributed by atoms with Crippen LogP contribution in [-0.2, 0) is 4.79 Å². The van der Waals surface area contributed by atoms with Gasteiger partial charge in [0.2, 0.25) is 5.91 Å². The molecule has 0 bridgehead atoms. The van der Waals surface area contributed by atoms with Crippen LogP contribution in [0.4, 0.5) is 0 Å². The normalized spacial score (nSPS) is 27.9. The Morgan fingerprint density at radius 2 is 2.36 bits per heavy atom. The largest absolute Gasteiger partial charge is 0.395 e. The Bertz CT molecular complexity index is 198. The van der Waals surface area contributed by atoms with Crippen LogP contribution in [0.15, 0.2) is 0 Å². The predicted octanol–water partition coefficient (Wildman–Crippen LogP) is -1.61. The van der Waals surface area contributed by atoms with Crippen LogP contribution in [0.2, 0.25) is 0 Å². The Hall–Kier alpha value is -0.650.